The highest BCUT2D eigenvalue weighted by Crippen LogP contribution is 2.26. The molecule has 0 atom stereocenters. The zero-order valence-electron chi connectivity index (χ0n) is 9.65. The number of benzene rings is 1. The lowest BCUT2D eigenvalue weighted by Gasteiger charge is -2.04. The lowest BCUT2D eigenvalue weighted by Crippen LogP contribution is -1.94. The van der Waals surface area contributed by atoms with Crippen LogP contribution < -0.4 is 0 Å². The first-order valence-corrected chi connectivity index (χ1v) is 7.24. The molecule has 3 rings (SSSR count). The van der Waals surface area contributed by atoms with Gasteiger partial charge in [0.2, 0.25) is 0 Å². The van der Waals surface area contributed by atoms with E-state index in [2.05, 4.69) is 26.0 Å². The third-order valence-electron chi connectivity index (χ3n) is 2.79. The molecule has 0 unspecified atom stereocenters. The van der Waals surface area contributed by atoms with Crippen LogP contribution in [0.25, 0.3) is 16.9 Å². The second kappa shape index (κ2) is 5.12. The maximum atomic E-state index is 6.20. The maximum absolute atomic E-state index is 6.20. The molecule has 0 saturated carbocycles. The van der Waals surface area contributed by atoms with E-state index in [0.29, 0.717) is 16.7 Å². The van der Waals surface area contributed by atoms with Crippen molar-refractivity contribution >= 4 is 44.8 Å². The molecule has 1 aromatic carbocycles. The van der Waals surface area contributed by atoms with Gasteiger partial charge in [0, 0.05) is 17.5 Å². The van der Waals surface area contributed by atoms with Crippen LogP contribution in [0, 0.1) is 0 Å². The fourth-order valence-electron chi connectivity index (χ4n) is 1.81. The molecule has 2 aromatic heterocycles. The van der Waals surface area contributed by atoms with Gasteiger partial charge in [0.15, 0.2) is 5.65 Å². The third kappa shape index (κ3) is 2.36. The molecule has 0 bridgehead atoms. The summed E-state index contributed by atoms with van der Waals surface area (Å²) in [5.74, 6) is 0.502. The number of rotatable bonds is 2. The lowest BCUT2D eigenvalue weighted by molar-refractivity contribution is 0.942. The van der Waals surface area contributed by atoms with Crippen molar-refractivity contribution in [3.8, 4) is 11.3 Å². The average molecular weight is 357 g/mol. The van der Waals surface area contributed by atoms with Crippen molar-refractivity contribution < 1.29 is 0 Å². The van der Waals surface area contributed by atoms with Crippen LogP contribution in [0.2, 0.25) is 5.15 Å². The highest BCUT2D eigenvalue weighted by Gasteiger charge is 2.09. The summed E-state index contributed by atoms with van der Waals surface area (Å²) in [6.45, 7) is 0. The molecule has 0 radical (unpaired) electrons. The summed E-state index contributed by atoms with van der Waals surface area (Å²) < 4.78 is 2.40. The molecular formula is C13H8BrCl2N3. The molecule has 2 heterocycles. The Morgan fingerprint density at radius 3 is 2.63 bits per heavy atom. The Morgan fingerprint density at radius 1 is 1.21 bits per heavy atom. The maximum Gasteiger partial charge on any atom is 0.171 e. The third-order valence-corrected chi connectivity index (χ3v) is 3.93. The largest absolute Gasteiger partial charge is 0.227 e. The highest BCUT2D eigenvalue weighted by atomic mass is 79.9. The van der Waals surface area contributed by atoms with Crippen molar-refractivity contribution in [3.05, 3.63) is 51.7 Å². The van der Waals surface area contributed by atoms with Gasteiger partial charge in [-0.1, -0.05) is 35.9 Å². The van der Waals surface area contributed by atoms with Crippen LogP contribution in [0.1, 0.15) is 5.56 Å². The fourth-order valence-corrected chi connectivity index (χ4v) is 2.57. The number of nitrogens with zero attached hydrogens (tertiary/aromatic N) is 3. The summed E-state index contributed by atoms with van der Waals surface area (Å²) in [5, 5.41) is 4.66. The summed E-state index contributed by atoms with van der Waals surface area (Å²) in [7, 11) is 0. The van der Waals surface area contributed by atoms with Crippen LogP contribution in [0.15, 0.2) is 41.0 Å². The van der Waals surface area contributed by atoms with Crippen LogP contribution in [-0.4, -0.2) is 14.6 Å². The van der Waals surface area contributed by atoms with Gasteiger partial charge in [-0.3, -0.25) is 0 Å². The SMILES string of the molecule is ClCc1ccc(-c2cc(Cl)n3ncc(Br)c3n2)cc1. The van der Waals surface area contributed by atoms with Crippen molar-refractivity contribution in [2.24, 2.45) is 0 Å². The smallest absolute Gasteiger partial charge is 0.171 e. The summed E-state index contributed by atoms with van der Waals surface area (Å²) in [5.41, 5.74) is 3.57. The molecular weight excluding hydrogens is 349 g/mol. The standard InChI is InChI=1S/C13H8BrCl2N3/c14-10-7-17-19-12(16)5-11(18-13(10)19)9-3-1-8(6-15)2-4-9/h1-5,7H,6H2. The van der Waals surface area contributed by atoms with Crippen molar-refractivity contribution in [2.75, 3.05) is 0 Å². The molecule has 3 nitrogen and oxygen atoms in total. The van der Waals surface area contributed by atoms with Gasteiger partial charge in [-0.15, -0.1) is 11.6 Å². The van der Waals surface area contributed by atoms with Gasteiger partial charge >= 0.3 is 0 Å². The molecule has 3 aromatic rings. The van der Waals surface area contributed by atoms with E-state index in [9.17, 15) is 0 Å². The van der Waals surface area contributed by atoms with Crippen molar-refractivity contribution in [1.29, 1.82) is 0 Å². The molecule has 0 saturated heterocycles. The fraction of sp³-hybridized carbons (Fsp3) is 0.0769. The topological polar surface area (TPSA) is 30.2 Å². The molecule has 0 fully saturated rings. The van der Waals surface area contributed by atoms with Crippen LogP contribution in [0.4, 0.5) is 0 Å². The van der Waals surface area contributed by atoms with E-state index >= 15 is 0 Å². The number of hydrogen-bond acceptors (Lipinski definition) is 2. The van der Waals surface area contributed by atoms with E-state index in [0.717, 1.165) is 21.3 Å². The van der Waals surface area contributed by atoms with E-state index in [4.69, 9.17) is 23.2 Å². The summed E-state index contributed by atoms with van der Waals surface area (Å²) in [4.78, 5) is 4.56. The summed E-state index contributed by atoms with van der Waals surface area (Å²) in [6, 6.07) is 9.72. The predicted molar refractivity (Wildman–Crippen MR) is 80.7 cm³/mol. The van der Waals surface area contributed by atoms with Gasteiger partial charge in [-0.25, -0.2) is 9.50 Å². The molecule has 0 aliphatic heterocycles. The number of aromatic nitrogens is 3. The van der Waals surface area contributed by atoms with Crippen molar-refractivity contribution in [1.82, 2.24) is 14.6 Å². The first-order valence-electron chi connectivity index (χ1n) is 5.54. The number of hydrogen-bond donors (Lipinski definition) is 0. The minimum Gasteiger partial charge on any atom is -0.227 e. The monoisotopic (exact) mass is 355 g/mol. The molecule has 0 amide bonds. The Hall–Kier alpha value is -1.10. The van der Waals surface area contributed by atoms with E-state index in [1.54, 1.807) is 16.8 Å². The molecule has 19 heavy (non-hydrogen) atoms. The molecule has 96 valence electrons. The Morgan fingerprint density at radius 2 is 1.95 bits per heavy atom. The minimum atomic E-state index is 0.502. The predicted octanol–water partition coefficient (Wildman–Crippen LogP) is 4.55. The van der Waals surface area contributed by atoms with E-state index in [1.165, 1.54) is 0 Å². The molecule has 6 heteroatoms. The number of fused-ring (bicyclic) bond motifs is 1. The molecule has 0 aliphatic carbocycles. The molecule has 0 aliphatic rings. The normalized spacial score (nSPS) is 11.1. The lowest BCUT2D eigenvalue weighted by atomic mass is 10.1. The quantitative estimate of drug-likeness (QED) is 0.498. The summed E-state index contributed by atoms with van der Waals surface area (Å²) in [6.07, 6.45) is 1.68. The first-order chi connectivity index (χ1) is 9.19. The Labute approximate surface area is 128 Å². The highest BCUT2D eigenvalue weighted by molar-refractivity contribution is 9.10. The van der Waals surface area contributed by atoms with Crippen molar-refractivity contribution in [2.45, 2.75) is 5.88 Å². The van der Waals surface area contributed by atoms with Gasteiger partial charge in [-0.2, -0.15) is 5.10 Å². The summed E-state index contributed by atoms with van der Waals surface area (Å²) >= 11 is 15.4. The zero-order valence-corrected chi connectivity index (χ0v) is 12.7. The zero-order chi connectivity index (χ0) is 13.4. The van der Waals surface area contributed by atoms with Gasteiger partial charge in [0.25, 0.3) is 0 Å². The van der Waals surface area contributed by atoms with E-state index in [1.807, 2.05) is 24.3 Å². The second-order valence-electron chi connectivity index (χ2n) is 4.02. The number of alkyl halides is 1. The van der Waals surface area contributed by atoms with Crippen LogP contribution in [0.3, 0.4) is 0 Å². The van der Waals surface area contributed by atoms with Crippen molar-refractivity contribution in [3.63, 3.8) is 0 Å². The minimum absolute atomic E-state index is 0.502. The Bertz CT molecular complexity index is 737. The van der Waals surface area contributed by atoms with Crippen LogP contribution in [-0.2, 0) is 5.88 Å². The van der Waals surface area contributed by atoms with Gasteiger partial charge in [0.1, 0.15) is 5.15 Å². The Kier molecular flexibility index (Phi) is 3.48. The van der Waals surface area contributed by atoms with Gasteiger partial charge in [0.05, 0.1) is 16.4 Å². The molecule has 0 spiro atoms. The Balaban J connectivity index is 2.15. The van der Waals surface area contributed by atoms with Gasteiger partial charge < -0.3 is 0 Å². The average Bonchev–Trinajstić information content (AvgIpc) is 2.81. The van der Waals surface area contributed by atoms with E-state index < -0.39 is 0 Å². The van der Waals surface area contributed by atoms with Gasteiger partial charge in [-0.05, 0) is 21.5 Å². The van der Waals surface area contributed by atoms with Crippen LogP contribution >= 0.6 is 39.1 Å². The second-order valence-corrected chi connectivity index (χ2v) is 5.53. The number of halogens is 3. The first kappa shape index (κ1) is 12.9. The van der Waals surface area contributed by atoms with E-state index in [-0.39, 0.29) is 0 Å². The molecule has 0 N–H and O–H groups in total. The van der Waals surface area contributed by atoms with Crippen LogP contribution in [0.5, 0.6) is 0 Å².